The van der Waals surface area contributed by atoms with Gasteiger partial charge >= 0.3 is 0 Å². The van der Waals surface area contributed by atoms with E-state index in [-0.39, 0.29) is 12.5 Å². The number of nitrogens with one attached hydrogen (secondary N) is 1. The van der Waals surface area contributed by atoms with Gasteiger partial charge in [0, 0.05) is 6.42 Å². The van der Waals surface area contributed by atoms with Crippen molar-refractivity contribution >= 4 is 5.91 Å². The smallest absolute Gasteiger partial charge is 0.220 e. The lowest BCUT2D eigenvalue weighted by Gasteiger charge is -2.40. The van der Waals surface area contributed by atoms with Crippen LogP contribution < -0.4 is 5.32 Å². The quantitative estimate of drug-likeness (QED) is 0.0262. The number of aliphatic hydroxyl groups excluding tert-OH is 5. The molecule has 0 spiro atoms. The summed E-state index contributed by atoms with van der Waals surface area (Å²) in [7, 11) is 0. The first-order valence-electron chi connectivity index (χ1n) is 25.4. The van der Waals surface area contributed by atoms with E-state index in [1.165, 1.54) is 148 Å². The number of carbonyl (C=O) groups excluding carboxylic acids is 1. The highest BCUT2D eigenvalue weighted by Gasteiger charge is 2.44. The summed E-state index contributed by atoms with van der Waals surface area (Å²) in [5, 5.41) is 54.2. The molecular weight excluding hydrogens is 767 g/mol. The fourth-order valence-corrected chi connectivity index (χ4v) is 7.77. The Hall–Kier alpha value is -1.85. The number of amides is 1. The summed E-state index contributed by atoms with van der Waals surface area (Å²) < 4.78 is 11.2. The molecule has 1 aliphatic heterocycles. The molecule has 356 valence electrons. The number of carbonyl (C=O) groups is 1. The summed E-state index contributed by atoms with van der Waals surface area (Å²) in [4.78, 5) is 13.0. The van der Waals surface area contributed by atoms with Gasteiger partial charge in [0.25, 0.3) is 0 Å². The van der Waals surface area contributed by atoms with Crippen molar-refractivity contribution in [2.75, 3.05) is 13.2 Å². The van der Waals surface area contributed by atoms with Gasteiger partial charge in [-0.3, -0.25) is 4.79 Å². The average molecular weight is 862 g/mol. The van der Waals surface area contributed by atoms with E-state index in [2.05, 4.69) is 55.6 Å². The predicted molar refractivity (Wildman–Crippen MR) is 253 cm³/mol. The van der Waals surface area contributed by atoms with E-state index in [1.807, 2.05) is 6.08 Å². The Bertz CT molecular complexity index is 1090. The van der Waals surface area contributed by atoms with Gasteiger partial charge in [0.15, 0.2) is 6.29 Å². The van der Waals surface area contributed by atoms with E-state index in [0.717, 1.165) is 51.4 Å². The van der Waals surface area contributed by atoms with Gasteiger partial charge in [-0.15, -0.1) is 0 Å². The van der Waals surface area contributed by atoms with Crippen LogP contribution in [0.1, 0.15) is 219 Å². The van der Waals surface area contributed by atoms with Gasteiger partial charge in [0.05, 0.1) is 25.4 Å². The molecule has 9 heteroatoms. The lowest BCUT2D eigenvalue weighted by atomic mass is 9.99. The second-order valence-corrected chi connectivity index (χ2v) is 17.6. The van der Waals surface area contributed by atoms with Gasteiger partial charge in [0.1, 0.15) is 24.4 Å². The van der Waals surface area contributed by atoms with E-state index >= 15 is 0 Å². The lowest BCUT2D eigenvalue weighted by molar-refractivity contribution is -0.302. The van der Waals surface area contributed by atoms with E-state index in [1.54, 1.807) is 6.08 Å². The molecule has 1 amide bonds. The molecule has 0 saturated carbocycles. The summed E-state index contributed by atoms with van der Waals surface area (Å²) in [6, 6.07) is -0.829. The fourth-order valence-electron chi connectivity index (χ4n) is 7.77. The zero-order valence-corrected chi connectivity index (χ0v) is 39.2. The molecule has 0 bridgehead atoms. The van der Waals surface area contributed by atoms with Crippen molar-refractivity contribution in [1.82, 2.24) is 5.32 Å². The van der Waals surface area contributed by atoms with Crippen molar-refractivity contribution in [3.05, 3.63) is 48.6 Å². The van der Waals surface area contributed by atoms with Crippen LogP contribution in [0.4, 0.5) is 0 Å². The van der Waals surface area contributed by atoms with E-state index in [0.29, 0.717) is 6.42 Å². The summed E-state index contributed by atoms with van der Waals surface area (Å²) in [5.74, 6) is -0.195. The summed E-state index contributed by atoms with van der Waals surface area (Å²) in [6.45, 7) is 3.73. The Kier molecular flexibility index (Phi) is 39.5. The van der Waals surface area contributed by atoms with Gasteiger partial charge < -0.3 is 40.3 Å². The first-order chi connectivity index (χ1) is 29.8. The maximum Gasteiger partial charge on any atom is 0.220 e. The SMILES string of the molecule is CCCCCC/C=C/CC/C=C/CC/C=C/C(O)C(COC1OC(CO)C(O)C(O)C1O)NC(=O)CCCCCCCCCC/C=C\CCCCCCCCCCCCCC. The lowest BCUT2D eigenvalue weighted by Crippen LogP contribution is -2.60. The third-order valence-corrected chi connectivity index (χ3v) is 11.9. The van der Waals surface area contributed by atoms with Crippen LogP contribution in [-0.2, 0) is 14.3 Å². The van der Waals surface area contributed by atoms with Crippen LogP contribution in [-0.4, -0.2) is 87.5 Å². The number of hydrogen-bond donors (Lipinski definition) is 6. The normalized spacial score (nSPS) is 20.8. The maximum absolute atomic E-state index is 13.0. The molecule has 7 atom stereocenters. The molecule has 9 nitrogen and oxygen atoms in total. The zero-order chi connectivity index (χ0) is 44.4. The number of aliphatic hydroxyl groups is 5. The van der Waals surface area contributed by atoms with E-state index in [4.69, 9.17) is 9.47 Å². The molecule has 0 radical (unpaired) electrons. The Balaban J connectivity index is 2.28. The summed E-state index contributed by atoms with van der Waals surface area (Å²) in [5.41, 5.74) is 0. The van der Waals surface area contributed by atoms with Crippen molar-refractivity contribution in [3.63, 3.8) is 0 Å². The molecule has 61 heavy (non-hydrogen) atoms. The van der Waals surface area contributed by atoms with Crippen molar-refractivity contribution in [2.24, 2.45) is 0 Å². The molecular formula is C52H95NO8. The third kappa shape index (κ3) is 32.5. The minimum Gasteiger partial charge on any atom is -0.394 e. The van der Waals surface area contributed by atoms with Crippen molar-refractivity contribution in [3.8, 4) is 0 Å². The van der Waals surface area contributed by atoms with Crippen LogP contribution >= 0.6 is 0 Å². The largest absolute Gasteiger partial charge is 0.394 e. The minimum absolute atomic E-state index is 0.195. The molecule has 1 saturated heterocycles. The molecule has 1 aliphatic rings. The monoisotopic (exact) mass is 862 g/mol. The number of rotatable bonds is 42. The maximum atomic E-state index is 13.0. The summed E-state index contributed by atoms with van der Waals surface area (Å²) in [6.07, 6.45) is 47.4. The number of ether oxygens (including phenoxy) is 2. The highest BCUT2D eigenvalue weighted by atomic mass is 16.7. The van der Waals surface area contributed by atoms with Crippen molar-refractivity contribution in [2.45, 2.75) is 262 Å². The minimum atomic E-state index is -1.57. The van der Waals surface area contributed by atoms with Gasteiger partial charge in [-0.25, -0.2) is 0 Å². The Morgan fingerprint density at radius 3 is 1.39 bits per heavy atom. The van der Waals surface area contributed by atoms with Gasteiger partial charge in [0.2, 0.25) is 5.91 Å². The van der Waals surface area contributed by atoms with Crippen LogP contribution in [0.15, 0.2) is 48.6 Å². The first-order valence-corrected chi connectivity index (χ1v) is 25.4. The topological polar surface area (TPSA) is 149 Å². The standard InChI is InChI=1S/C52H95NO8/c1-3-5-7-9-11-13-15-17-19-20-21-22-23-24-25-26-27-28-30-32-34-36-38-40-42-48(56)53-45(44-60-52-51(59)50(58)49(57)47(43-54)61-52)46(55)41-39-37-35-33-31-29-18-16-14-12-10-8-6-4-2/h14,16,24-25,31,33,39,41,45-47,49-52,54-55,57-59H,3-13,15,17-23,26-30,32,34-38,40,42-44H2,1-2H3,(H,53,56)/b16-14+,25-24-,33-31+,41-39+. The fraction of sp³-hybridized carbons (Fsp3) is 0.827. The highest BCUT2D eigenvalue weighted by Crippen LogP contribution is 2.23. The molecule has 0 aromatic rings. The molecule has 0 aromatic carbocycles. The number of allylic oxidation sites excluding steroid dienone is 7. The number of unbranched alkanes of at least 4 members (excludes halogenated alkanes) is 26. The van der Waals surface area contributed by atoms with Crippen molar-refractivity contribution < 1.29 is 39.8 Å². The Morgan fingerprint density at radius 1 is 0.541 bits per heavy atom. The Labute approximate surface area is 373 Å². The molecule has 6 N–H and O–H groups in total. The van der Waals surface area contributed by atoms with Crippen LogP contribution in [0, 0.1) is 0 Å². The second kappa shape index (κ2) is 42.1. The Morgan fingerprint density at radius 2 is 0.934 bits per heavy atom. The average Bonchev–Trinajstić information content (AvgIpc) is 3.26. The van der Waals surface area contributed by atoms with Gasteiger partial charge in [-0.2, -0.15) is 0 Å². The van der Waals surface area contributed by atoms with Gasteiger partial charge in [-0.05, 0) is 70.6 Å². The first kappa shape index (κ1) is 57.2. The second-order valence-electron chi connectivity index (χ2n) is 17.6. The van der Waals surface area contributed by atoms with Crippen LogP contribution in [0.25, 0.3) is 0 Å². The van der Waals surface area contributed by atoms with Crippen LogP contribution in [0.2, 0.25) is 0 Å². The zero-order valence-electron chi connectivity index (χ0n) is 39.2. The van der Waals surface area contributed by atoms with Crippen LogP contribution in [0.5, 0.6) is 0 Å². The molecule has 1 fully saturated rings. The highest BCUT2D eigenvalue weighted by molar-refractivity contribution is 5.76. The molecule has 0 aliphatic carbocycles. The predicted octanol–water partition coefficient (Wildman–Crippen LogP) is 11.4. The summed E-state index contributed by atoms with van der Waals surface area (Å²) >= 11 is 0. The third-order valence-electron chi connectivity index (χ3n) is 11.9. The molecule has 0 aromatic heterocycles. The van der Waals surface area contributed by atoms with Crippen molar-refractivity contribution in [1.29, 1.82) is 0 Å². The van der Waals surface area contributed by atoms with Gasteiger partial charge in [-0.1, -0.05) is 191 Å². The molecule has 7 unspecified atom stereocenters. The van der Waals surface area contributed by atoms with Crippen LogP contribution in [0.3, 0.4) is 0 Å². The van der Waals surface area contributed by atoms with E-state index in [9.17, 15) is 30.3 Å². The molecule has 1 heterocycles. The van der Waals surface area contributed by atoms with E-state index < -0.39 is 49.5 Å². The number of hydrogen-bond acceptors (Lipinski definition) is 8. The molecule has 1 rings (SSSR count).